The molecule has 0 spiro atoms. The minimum atomic E-state index is -0.488. The number of carbonyl (C=O) groups is 1. The Kier molecular flexibility index (Phi) is 6.10. The molecule has 1 aromatic carbocycles. The van der Waals surface area contributed by atoms with Gasteiger partial charge < -0.3 is 15.5 Å². The van der Waals surface area contributed by atoms with E-state index in [9.17, 15) is 14.9 Å². The number of rotatable bonds is 7. The molecular weight excluding hydrogens is 272 g/mol. The van der Waals surface area contributed by atoms with Gasteiger partial charge in [0.15, 0.2) is 0 Å². The van der Waals surface area contributed by atoms with E-state index in [1.807, 2.05) is 32.8 Å². The second kappa shape index (κ2) is 7.58. The highest BCUT2D eigenvalue weighted by Gasteiger charge is 2.18. The first-order valence-electron chi connectivity index (χ1n) is 6.83. The van der Waals surface area contributed by atoms with Crippen molar-refractivity contribution in [3.8, 4) is 0 Å². The number of carbonyl (C=O) groups excluding carboxylic acids is 1. The van der Waals surface area contributed by atoms with E-state index in [4.69, 9.17) is 0 Å². The van der Waals surface area contributed by atoms with Gasteiger partial charge in [-0.3, -0.25) is 14.9 Å². The van der Waals surface area contributed by atoms with Crippen LogP contribution in [0.5, 0.6) is 0 Å². The summed E-state index contributed by atoms with van der Waals surface area (Å²) in [6, 6.07) is 4.41. The molecule has 7 nitrogen and oxygen atoms in total. The summed E-state index contributed by atoms with van der Waals surface area (Å²) in [7, 11) is 3.83. The predicted molar refractivity (Wildman–Crippen MR) is 82.7 cm³/mol. The topological polar surface area (TPSA) is 87.5 Å². The van der Waals surface area contributed by atoms with E-state index in [1.54, 1.807) is 12.1 Å². The van der Waals surface area contributed by atoms with Gasteiger partial charge in [-0.05, 0) is 40.1 Å². The summed E-state index contributed by atoms with van der Waals surface area (Å²) in [5.41, 5.74) is 0.610. The average molecular weight is 294 g/mol. The number of hydrogen-bond acceptors (Lipinski definition) is 5. The Hall–Kier alpha value is -2.15. The molecule has 0 fully saturated rings. The highest BCUT2D eigenvalue weighted by molar-refractivity contribution is 5.95. The Morgan fingerprint density at radius 3 is 2.62 bits per heavy atom. The molecule has 0 saturated heterocycles. The summed E-state index contributed by atoms with van der Waals surface area (Å²) in [4.78, 5) is 24.6. The summed E-state index contributed by atoms with van der Waals surface area (Å²) in [6.45, 7) is 5.02. The maximum Gasteiger partial charge on any atom is 0.293 e. The Labute approximate surface area is 124 Å². The van der Waals surface area contributed by atoms with Crippen LogP contribution >= 0.6 is 0 Å². The van der Waals surface area contributed by atoms with Gasteiger partial charge in [-0.1, -0.05) is 0 Å². The third-order valence-electron chi connectivity index (χ3n) is 2.84. The van der Waals surface area contributed by atoms with Crippen LogP contribution in [-0.2, 0) is 0 Å². The van der Waals surface area contributed by atoms with Crippen molar-refractivity contribution in [1.82, 2.24) is 10.2 Å². The fraction of sp³-hybridized carbons (Fsp3) is 0.500. The Morgan fingerprint density at radius 2 is 2.10 bits per heavy atom. The molecule has 0 saturated carbocycles. The van der Waals surface area contributed by atoms with Gasteiger partial charge in [0.1, 0.15) is 5.69 Å². The van der Waals surface area contributed by atoms with E-state index in [0.717, 1.165) is 0 Å². The van der Waals surface area contributed by atoms with Crippen LogP contribution in [0.15, 0.2) is 18.2 Å². The number of likely N-dealkylation sites (N-methyl/N-ethyl adjacent to an activating group) is 1. The molecule has 2 N–H and O–H groups in total. The summed E-state index contributed by atoms with van der Waals surface area (Å²) in [5, 5.41) is 16.8. The highest BCUT2D eigenvalue weighted by atomic mass is 16.6. The summed E-state index contributed by atoms with van der Waals surface area (Å²) >= 11 is 0. The van der Waals surface area contributed by atoms with Crippen molar-refractivity contribution >= 4 is 17.3 Å². The van der Waals surface area contributed by atoms with Crippen LogP contribution in [0.4, 0.5) is 11.4 Å². The van der Waals surface area contributed by atoms with Crippen LogP contribution in [0.2, 0.25) is 0 Å². The molecule has 1 aromatic rings. The summed E-state index contributed by atoms with van der Waals surface area (Å²) in [6.07, 6.45) is 0. The van der Waals surface area contributed by atoms with Crippen molar-refractivity contribution in [1.29, 1.82) is 0 Å². The molecule has 0 aliphatic heterocycles. The van der Waals surface area contributed by atoms with Crippen LogP contribution < -0.4 is 10.6 Å². The number of nitrogens with one attached hydrogen (secondary N) is 2. The first-order chi connectivity index (χ1) is 9.85. The van der Waals surface area contributed by atoms with Crippen molar-refractivity contribution in [3.63, 3.8) is 0 Å². The van der Waals surface area contributed by atoms with Crippen LogP contribution in [0.25, 0.3) is 0 Å². The van der Waals surface area contributed by atoms with Gasteiger partial charge in [0.05, 0.1) is 4.92 Å². The minimum absolute atomic E-state index is 0.0417. The zero-order chi connectivity index (χ0) is 16.0. The number of nitro benzene ring substituents is 1. The molecule has 0 heterocycles. The van der Waals surface area contributed by atoms with Gasteiger partial charge in [0, 0.05) is 30.8 Å². The Morgan fingerprint density at radius 1 is 1.43 bits per heavy atom. The molecule has 0 aliphatic rings. The van der Waals surface area contributed by atoms with E-state index < -0.39 is 4.92 Å². The normalized spacial score (nSPS) is 12.0. The zero-order valence-electron chi connectivity index (χ0n) is 12.8. The first kappa shape index (κ1) is 16.9. The molecule has 1 atom stereocenters. The van der Waals surface area contributed by atoms with Gasteiger partial charge in [0.25, 0.3) is 11.6 Å². The number of benzene rings is 1. The lowest BCUT2D eigenvalue weighted by molar-refractivity contribution is -0.384. The lowest BCUT2D eigenvalue weighted by atomic mass is 10.1. The van der Waals surface area contributed by atoms with Crippen molar-refractivity contribution in [3.05, 3.63) is 33.9 Å². The fourth-order valence-electron chi connectivity index (χ4n) is 2.06. The molecule has 1 amide bonds. The van der Waals surface area contributed by atoms with Crippen LogP contribution in [0, 0.1) is 10.1 Å². The van der Waals surface area contributed by atoms with Gasteiger partial charge in [-0.15, -0.1) is 0 Å². The van der Waals surface area contributed by atoms with Crippen LogP contribution in [0.1, 0.15) is 24.2 Å². The number of nitro groups is 1. The van der Waals surface area contributed by atoms with Crippen LogP contribution in [-0.4, -0.2) is 49.0 Å². The zero-order valence-corrected chi connectivity index (χ0v) is 12.8. The van der Waals surface area contributed by atoms with Crippen LogP contribution in [0.3, 0.4) is 0 Å². The molecule has 0 bridgehead atoms. The number of amides is 1. The first-order valence-corrected chi connectivity index (χ1v) is 6.83. The molecule has 0 aliphatic carbocycles. The Balaban J connectivity index is 2.90. The van der Waals surface area contributed by atoms with Crippen molar-refractivity contribution in [2.45, 2.75) is 19.9 Å². The Bertz CT molecular complexity index is 517. The summed E-state index contributed by atoms with van der Waals surface area (Å²) < 4.78 is 0. The average Bonchev–Trinajstić information content (AvgIpc) is 2.37. The molecule has 21 heavy (non-hydrogen) atoms. The van der Waals surface area contributed by atoms with E-state index >= 15 is 0 Å². The number of anilines is 1. The predicted octanol–water partition coefficient (Wildman–Crippen LogP) is 1.71. The molecule has 7 heteroatoms. The monoisotopic (exact) mass is 294 g/mol. The van der Waals surface area contributed by atoms with Crippen molar-refractivity contribution in [2.75, 3.05) is 32.5 Å². The molecule has 0 aromatic heterocycles. The van der Waals surface area contributed by atoms with E-state index in [0.29, 0.717) is 18.8 Å². The maximum atomic E-state index is 12.1. The third-order valence-corrected chi connectivity index (χ3v) is 2.84. The standard InChI is InChI=1S/C14H22N4O3/c1-5-15-12-7-6-11(8-13(12)18(20)21)14(19)16-10(2)9-17(3)4/h6-8,10,15H,5,9H2,1-4H3,(H,16,19). The quantitative estimate of drug-likeness (QED) is 0.590. The van der Waals surface area contributed by atoms with E-state index in [1.165, 1.54) is 6.07 Å². The van der Waals surface area contributed by atoms with Gasteiger partial charge >= 0.3 is 0 Å². The molecular formula is C14H22N4O3. The van der Waals surface area contributed by atoms with Gasteiger partial charge in [-0.25, -0.2) is 0 Å². The molecule has 1 rings (SSSR count). The van der Waals surface area contributed by atoms with Crippen molar-refractivity contribution < 1.29 is 9.72 Å². The largest absolute Gasteiger partial charge is 0.380 e. The molecule has 0 radical (unpaired) electrons. The fourth-order valence-corrected chi connectivity index (χ4v) is 2.06. The summed E-state index contributed by atoms with van der Waals surface area (Å²) in [5.74, 6) is -0.310. The SMILES string of the molecule is CCNc1ccc(C(=O)NC(C)CN(C)C)cc1[N+](=O)[O-]. The van der Waals surface area contributed by atoms with E-state index in [-0.39, 0.29) is 23.2 Å². The number of hydrogen-bond donors (Lipinski definition) is 2. The molecule has 116 valence electrons. The highest BCUT2D eigenvalue weighted by Crippen LogP contribution is 2.25. The lowest BCUT2D eigenvalue weighted by Crippen LogP contribution is -2.39. The smallest absolute Gasteiger partial charge is 0.293 e. The third kappa shape index (κ3) is 5.03. The van der Waals surface area contributed by atoms with Gasteiger partial charge in [-0.2, -0.15) is 0 Å². The lowest BCUT2D eigenvalue weighted by Gasteiger charge is -2.18. The second-order valence-electron chi connectivity index (χ2n) is 5.16. The van der Waals surface area contributed by atoms with Crippen molar-refractivity contribution in [2.24, 2.45) is 0 Å². The van der Waals surface area contributed by atoms with E-state index in [2.05, 4.69) is 10.6 Å². The second-order valence-corrected chi connectivity index (χ2v) is 5.16. The minimum Gasteiger partial charge on any atom is -0.380 e. The van der Waals surface area contributed by atoms with Gasteiger partial charge in [0.2, 0.25) is 0 Å². The maximum absolute atomic E-state index is 12.1. The molecule has 1 unspecified atom stereocenters. The number of nitrogens with zero attached hydrogens (tertiary/aromatic N) is 2.